The summed E-state index contributed by atoms with van der Waals surface area (Å²) < 4.78 is 41.3. The van der Waals surface area contributed by atoms with Crippen molar-refractivity contribution in [2.45, 2.75) is 32.4 Å². The number of hydrogen-bond donors (Lipinski definition) is 1. The van der Waals surface area contributed by atoms with E-state index in [1.807, 2.05) is 7.05 Å². The van der Waals surface area contributed by atoms with Crippen LogP contribution in [0.1, 0.15) is 23.9 Å². The number of aryl methyl sites for hydroxylation is 2. The molecule has 1 N–H and O–H groups in total. The van der Waals surface area contributed by atoms with E-state index < -0.39 is 17.5 Å². The van der Waals surface area contributed by atoms with E-state index >= 15 is 0 Å². The molecule has 0 saturated carbocycles. The molecule has 1 aliphatic heterocycles. The maximum atomic E-state index is 13.4. The molecule has 10 heteroatoms. The Labute approximate surface area is 170 Å². The standard InChI is InChI=1S/C20H19F3N6O/c1-11-20(30)26-16-8-24-17(27-19(16)28(11)2)4-3-12-7-25-29(9-12)10-13-5-14(21)18(23)15(22)6-13/h5-9,11H,3-4,10H2,1-2H3,(H,26,30)/t11-/m0/s1. The van der Waals surface area contributed by atoms with E-state index in [1.54, 1.807) is 30.4 Å². The molecule has 156 valence electrons. The first-order chi connectivity index (χ1) is 14.3. The van der Waals surface area contributed by atoms with Crippen molar-refractivity contribution in [1.82, 2.24) is 19.7 Å². The molecular weight excluding hydrogens is 397 g/mol. The number of nitrogens with zero attached hydrogens (tertiary/aromatic N) is 5. The monoisotopic (exact) mass is 416 g/mol. The van der Waals surface area contributed by atoms with Gasteiger partial charge in [-0.1, -0.05) is 0 Å². The lowest BCUT2D eigenvalue weighted by molar-refractivity contribution is -0.117. The number of likely N-dealkylation sites (N-methyl/N-ethyl adjacent to an activating group) is 1. The summed E-state index contributed by atoms with van der Waals surface area (Å²) in [5, 5.41) is 6.97. The maximum Gasteiger partial charge on any atom is 0.246 e. The Bertz CT molecular complexity index is 1090. The van der Waals surface area contributed by atoms with Crippen molar-refractivity contribution in [3.05, 3.63) is 65.1 Å². The lowest BCUT2D eigenvalue weighted by atomic mass is 10.1. The Hall–Kier alpha value is -3.43. The van der Waals surface area contributed by atoms with Crippen LogP contribution in [0, 0.1) is 17.5 Å². The summed E-state index contributed by atoms with van der Waals surface area (Å²) in [6.45, 7) is 1.92. The number of nitrogens with one attached hydrogen (secondary N) is 1. The molecule has 1 amide bonds. The average molecular weight is 416 g/mol. The zero-order valence-corrected chi connectivity index (χ0v) is 16.4. The molecule has 4 rings (SSSR count). The third kappa shape index (κ3) is 3.85. The van der Waals surface area contributed by atoms with E-state index in [0.717, 1.165) is 17.7 Å². The van der Waals surface area contributed by atoms with Crippen LogP contribution in [0.25, 0.3) is 0 Å². The summed E-state index contributed by atoms with van der Waals surface area (Å²) in [5.74, 6) is -2.74. The Morgan fingerprint density at radius 2 is 1.83 bits per heavy atom. The zero-order chi connectivity index (χ0) is 21.4. The van der Waals surface area contributed by atoms with Gasteiger partial charge >= 0.3 is 0 Å². The summed E-state index contributed by atoms with van der Waals surface area (Å²) in [7, 11) is 1.81. The Morgan fingerprint density at radius 1 is 1.10 bits per heavy atom. The molecular formula is C20H19F3N6O. The van der Waals surface area contributed by atoms with Gasteiger partial charge in [0, 0.05) is 19.7 Å². The van der Waals surface area contributed by atoms with Crippen LogP contribution in [0.2, 0.25) is 0 Å². The molecule has 0 fully saturated rings. The van der Waals surface area contributed by atoms with Crippen molar-refractivity contribution < 1.29 is 18.0 Å². The van der Waals surface area contributed by atoms with Crippen LogP contribution in [0.4, 0.5) is 24.7 Å². The minimum absolute atomic E-state index is 0.102. The van der Waals surface area contributed by atoms with Crippen LogP contribution in [0.15, 0.2) is 30.7 Å². The van der Waals surface area contributed by atoms with Gasteiger partial charge in [0.15, 0.2) is 23.3 Å². The molecule has 30 heavy (non-hydrogen) atoms. The number of aromatic nitrogens is 4. The predicted octanol–water partition coefficient (Wildman–Crippen LogP) is 2.70. The smallest absolute Gasteiger partial charge is 0.246 e. The summed E-state index contributed by atoms with van der Waals surface area (Å²) in [4.78, 5) is 22.5. The Morgan fingerprint density at radius 3 is 2.57 bits per heavy atom. The first kappa shape index (κ1) is 19.9. The summed E-state index contributed by atoms with van der Waals surface area (Å²) in [6.07, 6.45) is 6.17. The summed E-state index contributed by atoms with van der Waals surface area (Å²) in [6, 6.07) is 1.59. The van der Waals surface area contributed by atoms with Gasteiger partial charge in [-0.25, -0.2) is 23.1 Å². The van der Waals surface area contributed by atoms with Gasteiger partial charge in [0.05, 0.1) is 18.9 Å². The fraction of sp³-hybridized carbons (Fsp3) is 0.300. The van der Waals surface area contributed by atoms with Crippen molar-refractivity contribution in [2.75, 3.05) is 17.3 Å². The average Bonchev–Trinajstić information content (AvgIpc) is 3.16. The van der Waals surface area contributed by atoms with E-state index in [-0.39, 0.29) is 24.1 Å². The van der Waals surface area contributed by atoms with Crippen LogP contribution >= 0.6 is 0 Å². The van der Waals surface area contributed by atoms with Crippen molar-refractivity contribution in [2.24, 2.45) is 0 Å². The van der Waals surface area contributed by atoms with Gasteiger partial charge in [-0.2, -0.15) is 5.10 Å². The van der Waals surface area contributed by atoms with Gasteiger partial charge < -0.3 is 10.2 Å². The molecule has 3 heterocycles. The Kier molecular flexibility index (Phi) is 5.15. The van der Waals surface area contributed by atoms with Crippen LogP contribution in [-0.4, -0.2) is 38.7 Å². The van der Waals surface area contributed by atoms with Crippen molar-refractivity contribution >= 4 is 17.4 Å². The van der Waals surface area contributed by atoms with Gasteiger partial charge in [0.1, 0.15) is 17.6 Å². The highest BCUT2D eigenvalue weighted by Crippen LogP contribution is 2.28. The third-order valence-corrected chi connectivity index (χ3v) is 5.08. The van der Waals surface area contributed by atoms with Crippen LogP contribution in [-0.2, 0) is 24.2 Å². The minimum atomic E-state index is -1.48. The van der Waals surface area contributed by atoms with E-state index in [2.05, 4.69) is 20.4 Å². The number of anilines is 2. The van der Waals surface area contributed by atoms with Crippen molar-refractivity contribution in [1.29, 1.82) is 0 Å². The quantitative estimate of drug-likeness (QED) is 0.648. The fourth-order valence-corrected chi connectivity index (χ4v) is 3.25. The summed E-state index contributed by atoms with van der Waals surface area (Å²) in [5.41, 5.74) is 1.75. The molecule has 0 spiro atoms. The molecule has 2 aromatic heterocycles. The highest BCUT2D eigenvalue weighted by atomic mass is 19.2. The van der Waals surface area contributed by atoms with Crippen LogP contribution in [0.3, 0.4) is 0 Å². The van der Waals surface area contributed by atoms with Gasteiger partial charge in [-0.05, 0) is 36.6 Å². The molecule has 3 aromatic rings. The van der Waals surface area contributed by atoms with E-state index in [4.69, 9.17) is 0 Å². The normalized spacial score (nSPS) is 15.8. The van der Waals surface area contributed by atoms with Crippen LogP contribution < -0.4 is 10.2 Å². The Balaban J connectivity index is 1.42. The second-order valence-corrected chi connectivity index (χ2v) is 7.22. The second kappa shape index (κ2) is 7.77. The number of rotatable bonds is 5. The minimum Gasteiger partial charge on any atom is -0.346 e. The molecule has 1 aliphatic rings. The number of carbonyl (C=O) groups excluding carboxylic acids is 1. The van der Waals surface area contributed by atoms with Gasteiger partial charge in [-0.15, -0.1) is 0 Å². The number of amides is 1. The molecule has 1 atom stereocenters. The lowest BCUT2D eigenvalue weighted by Gasteiger charge is -2.31. The molecule has 0 bridgehead atoms. The van der Waals surface area contributed by atoms with E-state index in [9.17, 15) is 18.0 Å². The van der Waals surface area contributed by atoms with E-state index in [0.29, 0.717) is 30.2 Å². The maximum absolute atomic E-state index is 13.4. The van der Waals surface area contributed by atoms with Crippen molar-refractivity contribution in [3.63, 3.8) is 0 Å². The number of hydrogen-bond acceptors (Lipinski definition) is 5. The first-order valence-electron chi connectivity index (χ1n) is 9.36. The molecule has 7 nitrogen and oxygen atoms in total. The molecule has 0 saturated heterocycles. The van der Waals surface area contributed by atoms with Crippen LogP contribution in [0.5, 0.6) is 0 Å². The first-order valence-corrected chi connectivity index (χ1v) is 9.36. The highest BCUT2D eigenvalue weighted by Gasteiger charge is 2.28. The summed E-state index contributed by atoms with van der Waals surface area (Å²) >= 11 is 0. The zero-order valence-electron chi connectivity index (χ0n) is 16.4. The number of benzene rings is 1. The number of halogens is 3. The van der Waals surface area contributed by atoms with Gasteiger partial charge in [0.2, 0.25) is 5.91 Å². The molecule has 0 aliphatic carbocycles. The molecule has 1 aromatic carbocycles. The van der Waals surface area contributed by atoms with E-state index in [1.165, 1.54) is 4.68 Å². The van der Waals surface area contributed by atoms with Gasteiger partial charge in [-0.3, -0.25) is 9.48 Å². The lowest BCUT2D eigenvalue weighted by Crippen LogP contribution is -2.44. The predicted molar refractivity (Wildman–Crippen MR) is 104 cm³/mol. The topological polar surface area (TPSA) is 75.9 Å². The number of carbonyl (C=O) groups is 1. The third-order valence-electron chi connectivity index (χ3n) is 5.08. The largest absolute Gasteiger partial charge is 0.346 e. The number of fused-ring (bicyclic) bond motifs is 1. The molecule has 0 radical (unpaired) electrons. The van der Waals surface area contributed by atoms with Gasteiger partial charge in [0.25, 0.3) is 0 Å². The molecule has 0 unspecified atom stereocenters. The SMILES string of the molecule is C[C@H]1C(=O)Nc2cnc(CCc3cnn(Cc4cc(F)c(F)c(F)c4)c3)nc2N1C. The highest BCUT2D eigenvalue weighted by molar-refractivity contribution is 6.02. The van der Waals surface area contributed by atoms with Crippen molar-refractivity contribution in [3.8, 4) is 0 Å². The fourth-order valence-electron chi connectivity index (χ4n) is 3.25. The second-order valence-electron chi connectivity index (χ2n) is 7.22.